The van der Waals surface area contributed by atoms with Crippen LogP contribution in [-0.4, -0.2) is 24.8 Å². The van der Waals surface area contributed by atoms with Gasteiger partial charge in [-0.1, -0.05) is 13.8 Å². The smallest absolute Gasteiger partial charge is 0.0631 e. The van der Waals surface area contributed by atoms with E-state index in [4.69, 9.17) is 4.74 Å². The molecule has 0 radical (unpaired) electrons. The van der Waals surface area contributed by atoms with E-state index in [1.807, 2.05) is 0 Å². The summed E-state index contributed by atoms with van der Waals surface area (Å²) in [6, 6.07) is 0.636. The molecule has 0 amide bonds. The molecule has 15 heavy (non-hydrogen) atoms. The van der Waals surface area contributed by atoms with Gasteiger partial charge in [-0.3, -0.25) is 0 Å². The van der Waals surface area contributed by atoms with Crippen molar-refractivity contribution in [3.05, 3.63) is 0 Å². The molecule has 1 saturated heterocycles. The summed E-state index contributed by atoms with van der Waals surface area (Å²) in [6.07, 6.45) is 5.38. The minimum atomic E-state index is 0.123. The van der Waals surface area contributed by atoms with E-state index in [1.54, 1.807) is 0 Å². The first-order valence-electron chi connectivity index (χ1n) is 6.29. The van der Waals surface area contributed by atoms with Crippen LogP contribution in [0.1, 0.15) is 53.4 Å². The second-order valence-electron chi connectivity index (χ2n) is 5.75. The Morgan fingerprint density at radius 1 is 1.40 bits per heavy atom. The molecule has 2 heteroatoms. The summed E-state index contributed by atoms with van der Waals surface area (Å²) >= 11 is 0. The molecule has 0 aliphatic carbocycles. The van der Waals surface area contributed by atoms with Crippen molar-refractivity contribution in [2.45, 2.75) is 71.1 Å². The number of nitrogens with one attached hydrogen (secondary N) is 1. The van der Waals surface area contributed by atoms with Crippen LogP contribution >= 0.6 is 0 Å². The largest absolute Gasteiger partial charge is 0.372 e. The lowest BCUT2D eigenvalue weighted by Gasteiger charge is -2.23. The van der Waals surface area contributed by atoms with E-state index >= 15 is 0 Å². The van der Waals surface area contributed by atoms with Crippen molar-refractivity contribution in [1.82, 2.24) is 5.32 Å². The Bertz CT molecular complexity index is 189. The Hall–Kier alpha value is -0.0800. The second-order valence-corrected chi connectivity index (χ2v) is 5.75. The fourth-order valence-corrected chi connectivity index (χ4v) is 2.46. The molecule has 1 fully saturated rings. The number of ether oxygens (including phenoxy) is 1. The monoisotopic (exact) mass is 213 g/mol. The van der Waals surface area contributed by atoms with E-state index in [0.717, 1.165) is 0 Å². The summed E-state index contributed by atoms with van der Waals surface area (Å²) in [6.45, 7) is 8.96. The third-order valence-corrected chi connectivity index (χ3v) is 3.53. The fourth-order valence-electron chi connectivity index (χ4n) is 2.46. The lowest BCUT2D eigenvalue weighted by Crippen LogP contribution is -2.31. The molecule has 1 N–H and O–H groups in total. The Labute approximate surface area is 94.8 Å². The van der Waals surface area contributed by atoms with Gasteiger partial charge in [-0.2, -0.15) is 0 Å². The molecule has 0 saturated carbocycles. The summed E-state index contributed by atoms with van der Waals surface area (Å²) in [5.74, 6) is 0.712. The molecule has 0 aromatic carbocycles. The molecule has 0 aromatic heterocycles. The van der Waals surface area contributed by atoms with Crippen molar-refractivity contribution >= 4 is 0 Å². The summed E-state index contributed by atoms with van der Waals surface area (Å²) in [5.41, 5.74) is 0.123. The molecule has 1 rings (SSSR count). The lowest BCUT2D eigenvalue weighted by molar-refractivity contribution is -0.0202. The highest BCUT2D eigenvalue weighted by Crippen LogP contribution is 2.31. The second kappa shape index (κ2) is 5.31. The molecule has 0 aromatic rings. The first kappa shape index (κ1) is 13.0. The highest BCUT2D eigenvalue weighted by Gasteiger charge is 2.31. The average Bonchev–Trinajstić information content (AvgIpc) is 2.46. The van der Waals surface area contributed by atoms with Crippen LogP contribution in [0, 0.1) is 5.92 Å². The van der Waals surface area contributed by atoms with Crippen molar-refractivity contribution in [2.75, 3.05) is 7.05 Å². The average molecular weight is 213 g/mol. The normalized spacial score (nSPS) is 27.2. The molecule has 90 valence electrons. The van der Waals surface area contributed by atoms with Crippen molar-refractivity contribution < 1.29 is 4.74 Å². The van der Waals surface area contributed by atoms with Crippen LogP contribution < -0.4 is 5.32 Å². The van der Waals surface area contributed by atoms with Crippen molar-refractivity contribution in [1.29, 1.82) is 0 Å². The Kier molecular flexibility index (Phi) is 4.60. The van der Waals surface area contributed by atoms with Gasteiger partial charge < -0.3 is 10.1 Å². The van der Waals surface area contributed by atoms with Crippen molar-refractivity contribution in [2.24, 2.45) is 5.92 Å². The minimum Gasteiger partial charge on any atom is -0.372 e. The molecule has 0 spiro atoms. The first-order valence-corrected chi connectivity index (χ1v) is 6.29. The zero-order valence-electron chi connectivity index (χ0n) is 11.0. The zero-order chi connectivity index (χ0) is 11.5. The fraction of sp³-hybridized carbons (Fsp3) is 1.00. The Morgan fingerprint density at radius 2 is 2.07 bits per heavy atom. The molecular formula is C13H27NO. The van der Waals surface area contributed by atoms with Crippen LogP contribution in [0.4, 0.5) is 0 Å². The molecule has 1 aliphatic rings. The maximum atomic E-state index is 6.00. The van der Waals surface area contributed by atoms with Gasteiger partial charge in [0.1, 0.15) is 0 Å². The van der Waals surface area contributed by atoms with Crippen LogP contribution in [-0.2, 0) is 4.74 Å². The Morgan fingerprint density at radius 3 is 2.47 bits per heavy atom. The highest BCUT2D eigenvalue weighted by molar-refractivity contribution is 4.82. The highest BCUT2D eigenvalue weighted by atomic mass is 16.5. The van der Waals surface area contributed by atoms with Gasteiger partial charge >= 0.3 is 0 Å². The summed E-state index contributed by atoms with van der Waals surface area (Å²) in [4.78, 5) is 0. The van der Waals surface area contributed by atoms with E-state index in [-0.39, 0.29) is 5.60 Å². The molecule has 2 nitrogen and oxygen atoms in total. The van der Waals surface area contributed by atoms with E-state index in [2.05, 4.69) is 40.1 Å². The van der Waals surface area contributed by atoms with E-state index in [1.165, 1.54) is 25.7 Å². The SMILES string of the molecule is CNC(CCC1CCC(C)(C)O1)C(C)C. The standard InChI is InChI=1S/C13H27NO/c1-10(2)12(14-5)7-6-11-8-9-13(3,4)15-11/h10-12,14H,6-9H2,1-5H3. The molecule has 2 unspecified atom stereocenters. The predicted octanol–water partition coefficient (Wildman–Crippen LogP) is 2.97. The van der Waals surface area contributed by atoms with Crippen molar-refractivity contribution in [3.8, 4) is 0 Å². The van der Waals surface area contributed by atoms with Gasteiger partial charge in [0.25, 0.3) is 0 Å². The topological polar surface area (TPSA) is 21.3 Å². The molecular weight excluding hydrogens is 186 g/mol. The predicted molar refractivity (Wildman–Crippen MR) is 65.1 cm³/mol. The third kappa shape index (κ3) is 4.12. The van der Waals surface area contributed by atoms with Crippen LogP contribution in [0.25, 0.3) is 0 Å². The zero-order valence-corrected chi connectivity index (χ0v) is 11.0. The van der Waals surface area contributed by atoms with Gasteiger partial charge in [0.15, 0.2) is 0 Å². The summed E-state index contributed by atoms with van der Waals surface area (Å²) < 4.78 is 6.00. The maximum absolute atomic E-state index is 6.00. The van der Waals surface area contributed by atoms with Gasteiger partial charge in [-0.05, 0) is 52.5 Å². The molecule has 2 atom stereocenters. The van der Waals surface area contributed by atoms with E-state index in [0.29, 0.717) is 18.1 Å². The number of hydrogen-bond acceptors (Lipinski definition) is 2. The first-order chi connectivity index (χ1) is 6.94. The molecule has 1 aliphatic heterocycles. The minimum absolute atomic E-state index is 0.123. The van der Waals surface area contributed by atoms with Gasteiger partial charge in [0.2, 0.25) is 0 Å². The number of rotatable bonds is 5. The Balaban J connectivity index is 2.26. The lowest BCUT2D eigenvalue weighted by atomic mass is 9.96. The van der Waals surface area contributed by atoms with Crippen LogP contribution in [0.15, 0.2) is 0 Å². The number of hydrogen-bond donors (Lipinski definition) is 1. The molecule has 0 bridgehead atoms. The summed E-state index contributed by atoms with van der Waals surface area (Å²) in [7, 11) is 2.06. The van der Waals surface area contributed by atoms with Crippen molar-refractivity contribution in [3.63, 3.8) is 0 Å². The quantitative estimate of drug-likeness (QED) is 0.758. The van der Waals surface area contributed by atoms with Crippen LogP contribution in [0.3, 0.4) is 0 Å². The van der Waals surface area contributed by atoms with Gasteiger partial charge in [0, 0.05) is 6.04 Å². The van der Waals surface area contributed by atoms with Crippen LogP contribution in [0.2, 0.25) is 0 Å². The van der Waals surface area contributed by atoms with Crippen LogP contribution in [0.5, 0.6) is 0 Å². The molecule has 1 heterocycles. The third-order valence-electron chi connectivity index (χ3n) is 3.53. The summed E-state index contributed by atoms with van der Waals surface area (Å²) in [5, 5.41) is 3.39. The van der Waals surface area contributed by atoms with Gasteiger partial charge in [-0.25, -0.2) is 0 Å². The van der Waals surface area contributed by atoms with Gasteiger partial charge in [0.05, 0.1) is 11.7 Å². The van der Waals surface area contributed by atoms with E-state index < -0.39 is 0 Å². The van der Waals surface area contributed by atoms with E-state index in [9.17, 15) is 0 Å². The van der Waals surface area contributed by atoms with Gasteiger partial charge in [-0.15, -0.1) is 0 Å². The maximum Gasteiger partial charge on any atom is 0.0631 e.